The van der Waals surface area contributed by atoms with E-state index in [2.05, 4.69) is 120 Å². The highest BCUT2D eigenvalue weighted by molar-refractivity contribution is 5.56. The molecule has 0 amide bonds. The van der Waals surface area contributed by atoms with Crippen LogP contribution in [0.25, 0.3) is 11.4 Å². The van der Waals surface area contributed by atoms with Gasteiger partial charge in [0.25, 0.3) is 0 Å². The lowest BCUT2D eigenvalue weighted by molar-refractivity contribution is 0.0715. The molecular formula is C32H38N4. The molecule has 4 aromatic rings. The van der Waals surface area contributed by atoms with Crippen LogP contribution >= 0.6 is 0 Å². The van der Waals surface area contributed by atoms with Gasteiger partial charge >= 0.3 is 0 Å². The third-order valence-corrected chi connectivity index (χ3v) is 7.82. The van der Waals surface area contributed by atoms with Crippen molar-refractivity contribution in [3.05, 3.63) is 114 Å². The van der Waals surface area contributed by atoms with Crippen LogP contribution in [-0.4, -0.2) is 41.0 Å². The van der Waals surface area contributed by atoms with Gasteiger partial charge in [0.1, 0.15) is 5.82 Å². The molecule has 1 aliphatic rings. The standard InChI is InChI=1S/C32H38N4/c1-25-30(35-31(34-25)28-17-10-5-11-18-28)32(2,36-23-21-33-22-24-36)20-12-19-29(26-13-6-3-7-14-26)27-15-8-4-9-16-27/h3-11,13-18,29,33H,12,19-24H2,1-2H3,(H,34,35). The van der Waals surface area contributed by atoms with Crippen molar-refractivity contribution in [1.82, 2.24) is 20.2 Å². The van der Waals surface area contributed by atoms with Crippen LogP contribution in [0.5, 0.6) is 0 Å². The molecule has 1 unspecified atom stereocenters. The number of aromatic nitrogens is 2. The molecule has 2 heterocycles. The monoisotopic (exact) mass is 478 g/mol. The summed E-state index contributed by atoms with van der Waals surface area (Å²) in [7, 11) is 0. The summed E-state index contributed by atoms with van der Waals surface area (Å²) in [5.41, 5.74) is 6.19. The molecule has 1 atom stereocenters. The predicted molar refractivity (Wildman–Crippen MR) is 149 cm³/mol. The summed E-state index contributed by atoms with van der Waals surface area (Å²) in [6, 6.07) is 32.4. The first kappa shape index (κ1) is 24.5. The molecule has 36 heavy (non-hydrogen) atoms. The van der Waals surface area contributed by atoms with Gasteiger partial charge in [0.05, 0.1) is 11.2 Å². The molecule has 4 heteroatoms. The van der Waals surface area contributed by atoms with Crippen molar-refractivity contribution in [3.8, 4) is 11.4 Å². The van der Waals surface area contributed by atoms with Crippen LogP contribution in [0.3, 0.4) is 0 Å². The van der Waals surface area contributed by atoms with Crippen molar-refractivity contribution in [3.63, 3.8) is 0 Å². The molecule has 0 aliphatic carbocycles. The van der Waals surface area contributed by atoms with E-state index in [9.17, 15) is 0 Å². The van der Waals surface area contributed by atoms with E-state index in [-0.39, 0.29) is 5.54 Å². The summed E-state index contributed by atoms with van der Waals surface area (Å²) in [5, 5.41) is 3.53. The van der Waals surface area contributed by atoms with Gasteiger partial charge in [-0.3, -0.25) is 4.90 Å². The number of rotatable bonds is 9. The molecule has 0 bridgehead atoms. The van der Waals surface area contributed by atoms with Gasteiger partial charge in [-0.15, -0.1) is 0 Å². The number of aryl methyl sites for hydroxylation is 1. The molecule has 4 nitrogen and oxygen atoms in total. The second-order valence-corrected chi connectivity index (χ2v) is 10.2. The highest BCUT2D eigenvalue weighted by atomic mass is 15.3. The van der Waals surface area contributed by atoms with E-state index in [0.717, 1.165) is 56.8 Å². The first-order chi connectivity index (χ1) is 17.6. The van der Waals surface area contributed by atoms with E-state index in [4.69, 9.17) is 4.98 Å². The van der Waals surface area contributed by atoms with E-state index >= 15 is 0 Å². The molecule has 1 aliphatic heterocycles. The lowest BCUT2D eigenvalue weighted by Crippen LogP contribution is -2.53. The number of nitrogens with zero attached hydrogens (tertiary/aromatic N) is 2. The van der Waals surface area contributed by atoms with Crippen molar-refractivity contribution < 1.29 is 0 Å². The molecule has 1 aromatic heterocycles. The summed E-state index contributed by atoms with van der Waals surface area (Å²) in [6.45, 7) is 8.75. The summed E-state index contributed by atoms with van der Waals surface area (Å²) in [5.74, 6) is 1.37. The van der Waals surface area contributed by atoms with Crippen LogP contribution in [0.1, 0.15) is 54.6 Å². The fourth-order valence-electron chi connectivity index (χ4n) is 5.85. The fraction of sp³-hybridized carbons (Fsp3) is 0.344. The second kappa shape index (κ2) is 11.2. The summed E-state index contributed by atoms with van der Waals surface area (Å²) >= 11 is 0. The summed E-state index contributed by atoms with van der Waals surface area (Å²) < 4.78 is 0. The molecule has 1 fully saturated rings. The van der Waals surface area contributed by atoms with Crippen LogP contribution in [0.2, 0.25) is 0 Å². The summed E-state index contributed by atoms with van der Waals surface area (Å²) in [4.78, 5) is 11.5. The molecule has 0 spiro atoms. The Balaban J connectivity index is 1.42. The SMILES string of the molecule is Cc1[nH]c(-c2ccccc2)nc1C(C)(CCCC(c1ccccc1)c1ccccc1)N1CCNCC1. The number of hydrogen-bond acceptors (Lipinski definition) is 3. The van der Waals surface area contributed by atoms with Crippen LogP contribution in [0, 0.1) is 6.92 Å². The van der Waals surface area contributed by atoms with E-state index in [1.165, 1.54) is 22.5 Å². The van der Waals surface area contributed by atoms with Gasteiger partial charge in [0, 0.05) is 43.4 Å². The average Bonchev–Trinajstić information content (AvgIpc) is 3.35. The zero-order chi connectivity index (χ0) is 24.8. The highest BCUT2D eigenvalue weighted by Gasteiger charge is 2.38. The first-order valence-electron chi connectivity index (χ1n) is 13.3. The van der Waals surface area contributed by atoms with Gasteiger partial charge < -0.3 is 10.3 Å². The Bertz CT molecular complexity index is 1170. The van der Waals surface area contributed by atoms with Crippen molar-refractivity contribution in [2.45, 2.75) is 44.6 Å². The normalized spacial score (nSPS) is 16.2. The molecule has 3 aromatic carbocycles. The van der Waals surface area contributed by atoms with Gasteiger partial charge in [0.15, 0.2) is 0 Å². The van der Waals surface area contributed by atoms with Gasteiger partial charge in [0.2, 0.25) is 0 Å². The Hall–Kier alpha value is -3.21. The quantitative estimate of drug-likeness (QED) is 0.288. The fourth-order valence-corrected chi connectivity index (χ4v) is 5.85. The maximum Gasteiger partial charge on any atom is 0.137 e. The Labute approximate surface area is 215 Å². The van der Waals surface area contributed by atoms with E-state index in [1.807, 2.05) is 0 Å². The Kier molecular flexibility index (Phi) is 7.64. The number of piperazine rings is 1. The Morgan fingerprint density at radius 1 is 0.833 bits per heavy atom. The third kappa shape index (κ3) is 5.30. The lowest BCUT2D eigenvalue weighted by Gasteiger charge is -2.43. The molecule has 0 saturated carbocycles. The van der Waals surface area contributed by atoms with Crippen molar-refractivity contribution in [2.75, 3.05) is 26.2 Å². The smallest absolute Gasteiger partial charge is 0.137 e. The van der Waals surface area contributed by atoms with Gasteiger partial charge in [-0.25, -0.2) is 4.98 Å². The maximum atomic E-state index is 5.22. The predicted octanol–water partition coefficient (Wildman–Crippen LogP) is 6.51. The molecule has 0 radical (unpaired) electrons. The van der Waals surface area contributed by atoms with Crippen LogP contribution < -0.4 is 5.32 Å². The topological polar surface area (TPSA) is 44.0 Å². The number of aromatic amines is 1. The summed E-state index contributed by atoms with van der Waals surface area (Å²) in [6.07, 6.45) is 3.32. The average molecular weight is 479 g/mol. The number of H-pyrrole nitrogens is 1. The van der Waals surface area contributed by atoms with Crippen LogP contribution in [0.4, 0.5) is 0 Å². The Morgan fingerprint density at radius 3 is 1.97 bits per heavy atom. The Morgan fingerprint density at radius 2 is 1.39 bits per heavy atom. The minimum atomic E-state index is -0.117. The maximum absolute atomic E-state index is 5.22. The van der Waals surface area contributed by atoms with Crippen LogP contribution in [-0.2, 0) is 5.54 Å². The van der Waals surface area contributed by atoms with Crippen molar-refractivity contribution >= 4 is 0 Å². The highest BCUT2D eigenvalue weighted by Crippen LogP contribution is 2.38. The molecule has 1 saturated heterocycles. The zero-order valence-electron chi connectivity index (χ0n) is 21.6. The number of benzene rings is 3. The van der Waals surface area contributed by atoms with Gasteiger partial charge in [-0.1, -0.05) is 97.4 Å². The number of imidazole rings is 1. The second-order valence-electron chi connectivity index (χ2n) is 10.2. The zero-order valence-corrected chi connectivity index (χ0v) is 21.6. The van der Waals surface area contributed by atoms with E-state index in [1.54, 1.807) is 0 Å². The first-order valence-corrected chi connectivity index (χ1v) is 13.3. The largest absolute Gasteiger partial charge is 0.342 e. The third-order valence-electron chi connectivity index (χ3n) is 7.82. The molecular weight excluding hydrogens is 440 g/mol. The lowest BCUT2D eigenvalue weighted by atomic mass is 9.82. The van der Waals surface area contributed by atoms with Gasteiger partial charge in [-0.05, 0) is 37.8 Å². The number of hydrogen-bond donors (Lipinski definition) is 2. The molecule has 186 valence electrons. The van der Waals surface area contributed by atoms with Crippen LogP contribution in [0.15, 0.2) is 91.0 Å². The van der Waals surface area contributed by atoms with E-state index < -0.39 is 0 Å². The minimum absolute atomic E-state index is 0.117. The van der Waals surface area contributed by atoms with Crippen molar-refractivity contribution in [2.24, 2.45) is 0 Å². The number of nitrogens with one attached hydrogen (secondary N) is 2. The van der Waals surface area contributed by atoms with E-state index in [0.29, 0.717) is 5.92 Å². The molecule has 2 N–H and O–H groups in total. The van der Waals surface area contributed by atoms with Gasteiger partial charge in [-0.2, -0.15) is 0 Å². The molecule has 5 rings (SSSR count). The van der Waals surface area contributed by atoms with Crippen molar-refractivity contribution in [1.29, 1.82) is 0 Å². The minimum Gasteiger partial charge on any atom is -0.342 e.